The molecule has 2 fully saturated rings. The summed E-state index contributed by atoms with van der Waals surface area (Å²) >= 11 is 0. The van der Waals surface area contributed by atoms with Gasteiger partial charge in [0, 0.05) is 32.1 Å². The molecule has 0 radical (unpaired) electrons. The Bertz CT molecular complexity index is 529. The molecule has 6 nitrogen and oxygen atoms in total. The number of amides is 1. The van der Waals surface area contributed by atoms with Gasteiger partial charge in [-0.15, -0.1) is 0 Å². The van der Waals surface area contributed by atoms with Crippen LogP contribution in [0.5, 0.6) is 0 Å². The Morgan fingerprint density at radius 2 is 2.04 bits per heavy atom. The first-order valence-electron chi connectivity index (χ1n) is 9.16. The van der Waals surface area contributed by atoms with Crippen LogP contribution >= 0.6 is 0 Å². The number of nitrogens with one attached hydrogen (secondary N) is 2. The predicted octanol–water partition coefficient (Wildman–Crippen LogP) is 1.92. The summed E-state index contributed by atoms with van der Waals surface area (Å²) in [4.78, 5) is 18.6. The molecular formula is C18H28N4O2. The molecular weight excluding hydrogens is 304 g/mol. The minimum absolute atomic E-state index is 0.131. The van der Waals surface area contributed by atoms with Gasteiger partial charge in [-0.05, 0) is 37.8 Å². The van der Waals surface area contributed by atoms with Crippen molar-refractivity contribution >= 4 is 11.9 Å². The van der Waals surface area contributed by atoms with Crippen LogP contribution in [0.3, 0.4) is 0 Å². The Labute approximate surface area is 143 Å². The van der Waals surface area contributed by atoms with Crippen molar-refractivity contribution < 1.29 is 9.21 Å². The van der Waals surface area contributed by atoms with Crippen molar-refractivity contribution in [3.05, 3.63) is 24.2 Å². The second kappa shape index (κ2) is 8.76. The molecule has 6 heteroatoms. The topological polar surface area (TPSA) is 69.9 Å². The van der Waals surface area contributed by atoms with E-state index in [-0.39, 0.29) is 12.5 Å². The molecule has 1 aliphatic heterocycles. The molecule has 2 aliphatic rings. The molecule has 3 rings (SSSR count). The average molecular weight is 332 g/mol. The van der Waals surface area contributed by atoms with Crippen LogP contribution in [-0.2, 0) is 11.2 Å². The number of guanidine groups is 1. The lowest BCUT2D eigenvalue weighted by Crippen LogP contribution is -2.44. The number of carbonyl (C=O) groups excluding carboxylic acids is 1. The summed E-state index contributed by atoms with van der Waals surface area (Å²) in [5.74, 6) is 1.84. The molecule has 2 heterocycles. The molecule has 1 aliphatic carbocycles. The smallest absolute Gasteiger partial charge is 0.244 e. The standard InChI is InChI=1S/C18H28N4O2/c23-17(22-11-3-4-12-22)14-20-18(21-15-6-1-2-7-15)19-10-9-16-8-5-13-24-16/h5,8,13,15H,1-4,6-7,9-12,14H2,(H2,19,20,21). The summed E-state index contributed by atoms with van der Waals surface area (Å²) in [6.07, 6.45) is 9.62. The molecule has 1 aromatic heterocycles. The van der Waals surface area contributed by atoms with E-state index in [2.05, 4.69) is 15.6 Å². The van der Waals surface area contributed by atoms with E-state index in [1.807, 2.05) is 17.0 Å². The second-order valence-electron chi connectivity index (χ2n) is 6.63. The molecule has 1 saturated heterocycles. The van der Waals surface area contributed by atoms with E-state index in [1.165, 1.54) is 25.7 Å². The van der Waals surface area contributed by atoms with Crippen LogP contribution < -0.4 is 10.6 Å². The molecule has 2 N–H and O–H groups in total. The third-order valence-corrected chi connectivity index (χ3v) is 4.77. The second-order valence-corrected chi connectivity index (χ2v) is 6.63. The molecule has 132 valence electrons. The number of carbonyl (C=O) groups is 1. The highest BCUT2D eigenvalue weighted by Crippen LogP contribution is 2.17. The first kappa shape index (κ1) is 16.9. The quantitative estimate of drug-likeness (QED) is 0.617. The molecule has 0 atom stereocenters. The first-order valence-corrected chi connectivity index (χ1v) is 9.16. The van der Waals surface area contributed by atoms with Crippen LogP contribution in [-0.4, -0.2) is 49.0 Å². The number of nitrogens with zero attached hydrogens (tertiary/aromatic N) is 2. The zero-order chi connectivity index (χ0) is 16.6. The van der Waals surface area contributed by atoms with E-state index in [0.717, 1.165) is 50.6 Å². The molecule has 1 saturated carbocycles. The van der Waals surface area contributed by atoms with Gasteiger partial charge in [0.1, 0.15) is 12.3 Å². The Balaban J connectivity index is 1.51. The predicted molar refractivity (Wildman–Crippen MR) is 93.9 cm³/mol. The lowest BCUT2D eigenvalue weighted by molar-refractivity contribution is -0.128. The maximum absolute atomic E-state index is 12.2. The van der Waals surface area contributed by atoms with E-state index in [1.54, 1.807) is 6.26 Å². The number of likely N-dealkylation sites (tertiary alicyclic amines) is 1. The van der Waals surface area contributed by atoms with Crippen molar-refractivity contribution in [2.75, 3.05) is 26.2 Å². The van der Waals surface area contributed by atoms with Crippen molar-refractivity contribution in [3.8, 4) is 0 Å². The normalized spacial score (nSPS) is 19.0. The third kappa shape index (κ3) is 5.01. The fraction of sp³-hybridized carbons (Fsp3) is 0.667. The number of hydrogen-bond donors (Lipinski definition) is 2. The SMILES string of the molecule is O=C(CN=C(NCCc1ccco1)NC1CCCC1)N1CCCC1. The Morgan fingerprint density at radius 1 is 1.25 bits per heavy atom. The van der Waals surface area contributed by atoms with Crippen molar-refractivity contribution in [1.29, 1.82) is 0 Å². The van der Waals surface area contributed by atoms with Gasteiger partial charge in [-0.2, -0.15) is 0 Å². The molecule has 24 heavy (non-hydrogen) atoms. The maximum Gasteiger partial charge on any atom is 0.244 e. The third-order valence-electron chi connectivity index (χ3n) is 4.77. The summed E-state index contributed by atoms with van der Waals surface area (Å²) in [7, 11) is 0. The van der Waals surface area contributed by atoms with Gasteiger partial charge in [-0.3, -0.25) is 4.79 Å². The summed E-state index contributed by atoms with van der Waals surface area (Å²) in [6.45, 7) is 2.73. The number of furan rings is 1. The van der Waals surface area contributed by atoms with Crippen molar-refractivity contribution in [3.63, 3.8) is 0 Å². The molecule has 0 unspecified atom stereocenters. The van der Waals surface area contributed by atoms with Crippen LogP contribution in [0.25, 0.3) is 0 Å². The number of rotatable bonds is 6. The fourth-order valence-electron chi connectivity index (χ4n) is 3.39. The van der Waals surface area contributed by atoms with Crippen molar-refractivity contribution in [2.24, 2.45) is 4.99 Å². The minimum Gasteiger partial charge on any atom is -0.469 e. The lowest BCUT2D eigenvalue weighted by Gasteiger charge is -2.18. The highest BCUT2D eigenvalue weighted by atomic mass is 16.3. The molecule has 0 spiro atoms. The summed E-state index contributed by atoms with van der Waals surface area (Å²) in [5.41, 5.74) is 0. The maximum atomic E-state index is 12.2. The lowest BCUT2D eigenvalue weighted by atomic mass is 10.2. The van der Waals surface area contributed by atoms with E-state index >= 15 is 0 Å². The highest BCUT2D eigenvalue weighted by Gasteiger charge is 2.19. The van der Waals surface area contributed by atoms with Gasteiger partial charge in [0.25, 0.3) is 0 Å². The van der Waals surface area contributed by atoms with E-state index < -0.39 is 0 Å². The summed E-state index contributed by atoms with van der Waals surface area (Å²) in [6, 6.07) is 4.34. The Kier molecular flexibility index (Phi) is 6.15. The van der Waals surface area contributed by atoms with Crippen LogP contribution in [0.2, 0.25) is 0 Å². The number of hydrogen-bond acceptors (Lipinski definition) is 3. The van der Waals surface area contributed by atoms with Gasteiger partial charge in [-0.1, -0.05) is 12.8 Å². The molecule has 0 aromatic carbocycles. The Morgan fingerprint density at radius 3 is 2.75 bits per heavy atom. The van der Waals surface area contributed by atoms with Crippen LogP contribution in [0, 0.1) is 0 Å². The molecule has 1 aromatic rings. The zero-order valence-electron chi connectivity index (χ0n) is 14.3. The van der Waals surface area contributed by atoms with Gasteiger partial charge in [0.2, 0.25) is 5.91 Å². The van der Waals surface area contributed by atoms with Crippen molar-refractivity contribution in [2.45, 2.75) is 51.0 Å². The largest absolute Gasteiger partial charge is 0.469 e. The van der Waals surface area contributed by atoms with Crippen LogP contribution in [0.1, 0.15) is 44.3 Å². The number of aliphatic imine (C=N–C) groups is 1. The average Bonchev–Trinajstić information content (AvgIpc) is 3.34. The minimum atomic E-state index is 0.131. The van der Waals surface area contributed by atoms with Crippen molar-refractivity contribution in [1.82, 2.24) is 15.5 Å². The van der Waals surface area contributed by atoms with E-state index in [4.69, 9.17) is 4.42 Å². The van der Waals surface area contributed by atoms with Gasteiger partial charge in [-0.25, -0.2) is 4.99 Å². The molecule has 1 amide bonds. The fourth-order valence-corrected chi connectivity index (χ4v) is 3.39. The van der Waals surface area contributed by atoms with E-state index in [9.17, 15) is 4.79 Å². The van der Waals surface area contributed by atoms with E-state index in [0.29, 0.717) is 6.04 Å². The summed E-state index contributed by atoms with van der Waals surface area (Å²) in [5, 5.41) is 6.82. The Hall–Kier alpha value is -1.98. The molecule has 0 bridgehead atoms. The zero-order valence-corrected chi connectivity index (χ0v) is 14.3. The van der Waals surface area contributed by atoms with Gasteiger partial charge >= 0.3 is 0 Å². The van der Waals surface area contributed by atoms with Crippen LogP contribution in [0.4, 0.5) is 0 Å². The highest BCUT2D eigenvalue weighted by molar-refractivity contribution is 5.85. The monoisotopic (exact) mass is 332 g/mol. The first-order chi connectivity index (χ1) is 11.8. The van der Waals surface area contributed by atoms with Crippen LogP contribution in [0.15, 0.2) is 27.8 Å². The van der Waals surface area contributed by atoms with Gasteiger partial charge in [0.05, 0.1) is 6.26 Å². The van der Waals surface area contributed by atoms with Gasteiger partial charge < -0.3 is 20.0 Å². The summed E-state index contributed by atoms with van der Waals surface area (Å²) < 4.78 is 5.35. The van der Waals surface area contributed by atoms with Gasteiger partial charge in [0.15, 0.2) is 5.96 Å².